The molecular formula is C21H22O6. The van der Waals surface area contributed by atoms with Crippen LogP contribution < -0.4 is 18.9 Å². The Labute approximate surface area is 158 Å². The van der Waals surface area contributed by atoms with E-state index in [4.69, 9.17) is 18.9 Å². The van der Waals surface area contributed by atoms with Gasteiger partial charge in [-0.15, -0.1) is 0 Å². The van der Waals surface area contributed by atoms with Gasteiger partial charge in [-0.2, -0.15) is 0 Å². The first kappa shape index (κ1) is 19.9. The molecule has 0 heterocycles. The number of ether oxygens (including phenoxy) is 4. The van der Waals surface area contributed by atoms with E-state index in [1.165, 1.54) is 39.5 Å². The van der Waals surface area contributed by atoms with Crippen LogP contribution in [0.1, 0.15) is 11.1 Å². The fraction of sp³-hybridized carbons (Fsp3) is 0.190. The molecule has 2 aromatic carbocycles. The minimum absolute atomic E-state index is 0.0430. The minimum atomic E-state index is -0.209. The lowest BCUT2D eigenvalue weighted by Gasteiger charge is -2.13. The summed E-state index contributed by atoms with van der Waals surface area (Å²) in [4.78, 5) is 12.1. The predicted molar refractivity (Wildman–Crippen MR) is 104 cm³/mol. The van der Waals surface area contributed by atoms with E-state index in [0.717, 1.165) is 5.56 Å². The third-order valence-corrected chi connectivity index (χ3v) is 3.81. The van der Waals surface area contributed by atoms with Crippen molar-refractivity contribution in [2.45, 2.75) is 0 Å². The number of carbonyl (C=O) groups excluding carboxylic acids is 1. The predicted octanol–water partition coefficient (Wildman–Crippen LogP) is 3.72. The molecule has 1 N–H and O–H groups in total. The molecule has 0 bridgehead atoms. The highest BCUT2D eigenvalue weighted by Gasteiger charge is 2.14. The van der Waals surface area contributed by atoms with E-state index in [9.17, 15) is 9.90 Å². The average molecular weight is 370 g/mol. The van der Waals surface area contributed by atoms with Gasteiger partial charge in [-0.25, -0.2) is 0 Å². The normalized spacial score (nSPS) is 11.0. The van der Waals surface area contributed by atoms with Gasteiger partial charge in [-0.05, 0) is 48.1 Å². The average Bonchev–Trinajstić information content (AvgIpc) is 2.70. The number of hydrogen-bond acceptors (Lipinski definition) is 6. The number of allylic oxidation sites excluding steroid dienone is 2. The molecule has 0 aliphatic heterocycles. The van der Waals surface area contributed by atoms with Crippen LogP contribution in [0.25, 0.3) is 12.2 Å². The molecular weight excluding hydrogens is 348 g/mol. The number of hydrogen-bond donors (Lipinski definition) is 1. The Balaban J connectivity index is 2.19. The second kappa shape index (κ2) is 9.33. The molecule has 0 amide bonds. The van der Waals surface area contributed by atoms with E-state index in [2.05, 4.69) is 0 Å². The zero-order chi connectivity index (χ0) is 19.8. The topological polar surface area (TPSA) is 74.2 Å². The van der Waals surface area contributed by atoms with E-state index < -0.39 is 0 Å². The summed E-state index contributed by atoms with van der Waals surface area (Å²) in [6.45, 7) is 0. The van der Waals surface area contributed by atoms with Gasteiger partial charge < -0.3 is 24.1 Å². The van der Waals surface area contributed by atoms with E-state index in [1.54, 1.807) is 43.5 Å². The Morgan fingerprint density at radius 1 is 0.815 bits per heavy atom. The zero-order valence-electron chi connectivity index (χ0n) is 15.7. The fourth-order valence-electron chi connectivity index (χ4n) is 2.46. The number of aromatic hydroxyl groups is 1. The van der Waals surface area contributed by atoms with Crippen LogP contribution in [0.5, 0.6) is 28.7 Å². The number of methoxy groups -OCH3 is 4. The smallest absolute Gasteiger partial charge is 0.203 e. The van der Waals surface area contributed by atoms with Gasteiger partial charge in [0.05, 0.1) is 28.4 Å². The van der Waals surface area contributed by atoms with Crippen LogP contribution in [0.3, 0.4) is 0 Å². The van der Waals surface area contributed by atoms with Gasteiger partial charge in [-0.3, -0.25) is 4.79 Å². The maximum atomic E-state index is 12.1. The second-order valence-electron chi connectivity index (χ2n) is 5.42. The zero-order valence-corrected chi connectivity index (χ0v) is 15.7. The molecule has 0 aliphatic rings. The molecule has 0 atom stereocenters. The number of rotatable bonds is 8. The van der Waals surface area contributed by atoms with Crippen molar-refractivity contribution in [2.75, 3.05) is 28.4 Å². The molecule has 0 aliphatic carbocycles. The van der Waals surface area contributed by atoms with Crippen molar-refractivity contribution < 1.29 is 28.8 Å². The van der Waals surface area contributed by atoms with Crippen LogP contribution in [-0.4, -0.2) is 39.3 Å². The van der Waals surface area contributed by atoms with Crippen molar-refractivity contribution in [2.24, 2.45) is 0 Å². The van der Waals surface area contributed by atoms with Crippen molar-refractivity contribution in [3.8, 4) is 28.7 Å². The summed E-state index contributed by atoms with van der Waals surface area (Å²) >= 11 is 0. The van der Waals surface area contributed by atoms with Gasteiger partial charge in [-0.1, -0.05) is 12.1 Å². The van der Waals surface area contributed by atoms with Crippen molar-refractivity contribution in [3.05, 3.63) is 53.6 Å². The molecule has 0 saturated carbocycles. The highest BCUT2D eigenvalue weighted by atomic mass is 16.5. The molecule has 142 valence electrons. The summed E-state index contributed by atoms with van der Waals surface area (Å²) in [6.07, 6.45) is 6.14. The highest BCUT2D eigenvalue weighted by Crippen LogP contribution is 2.40. The first-order valence-corrected chi connectivity index (χ1v) is 8.10. The Morgan fingerprint density at radius 3 is 2.11 bits per heavy atom. The standard InChI is InChI=1S/C21H22O6/c1-24-18-12-8-15(20(26-3)21(18)27-4)7-10-16(22)9-5-14-6-11-17(23)19(13-14)25-2/h5-13,23H,1-4H3/b9-5+,10-7+. The molecule has 6 heteroatoms. The molecule has 6 nitrogen and oxygen atoms in total. The van der Waals surface area contributed by atoms with E-state index >= 15 is 0 Å². The van der Waals surface area contributed by atoms with Gasteiger partial charge in [0, 0.05) is 5.56 Å². The van der Waals surface area contributed by atoms with Crippen LogP contribution in [0.2, 0.25) is 0 Å². The van der Waals surface area contributed by atoms with Gasteiger partial charge in [0.2, 0.25) is 5.75 Å². The quantitative estimate of drug-likeness (QED) is 0.714. The van der Waals surface area contributed by atoms with Crippen molar-refractivity contribution >= 4 is 17.9 Å². The number of phenolic OH excluding ortho intramolecular Hbond substituents is 1. The molecule has 0 unspecified atom stereocenters. The Hall–Kier alpha value is -3.41. The van der Waals surface area contributed by atoms with Gasteiger partial charge in [0.1, 0.15) is 0 Å². The van der Waals surface area contributed by atoms with Crippen molar-refractivity contribution in [3.63, 3.8) is 0 Å². The van der Waals surface area contributed by atoms with Gasteiger partial charge in [0.15, 0.2) is 28.8 Å². The SMILES string of the molecule is COc1cc(/C=C/C(=O)/C=C/c2ccc(OC)c(OC)c2OC)ccc1O. The summed E-state index contributed by atoms with van der Waals surface area (Å²) in [5.41, 5.74) is 1.42. The van der Waals surface area contributed by atoms with Crippen LogP contribution in [-0.2, 0) is 4.79 Å². The maximum absolute atomic E-state index is 12.1. The van der Waals surface area contributed by atoms with Crippen LogP contribution in [0.4, 0.5) is 0 Å². The summed E-state index contributed by atoms with van der Waals surface area (Å²) in [6, 6.07) is 8.35. The lowest BCUT2D eigenvalue weighted by molar-refractivity contribution is -0.110. The highest BCUT2D eigenvalue weighted by molar-refractivity contribution is 6.04. The van der Waals surface area contributed by atoms with Crippen LogP contribution in [0.15, 0.2) is 42.5 Å². The van der Waals surface area contributed by atoms with Gasteiger partial charge in [0.25, 0.3) is 0 Å². The largest absolute Gasteiger partial charge is 0.504 e. The molecule has 0 radical (unpaired) electrons. The van der Waals surface area contributed by atoms with E-state index in [-0.39, 0.29) is 11.5 Å². The maximum Gasteiger partial charge on any atom is 0.203 e. The lowest BCUT2D eigenvalue weighted by Crippen LogP contribution is -1.97. The second-order valence-corrected chi connectivity index (χ2v) is 5.42. The first-order valence-electron chi connectivity index (χ1n) is 8.10. The minimum Gasteiger partial charge on any atom is -0.504 e. The Kier molecular flexibility index (Phi) is 6.88. The molecule has 27 heavy (non-hydrogen) atoms. The molecule has 0 spiro atoms. The summed E-state index contributed by atoms with van der Waals surface area (Å²) < 4.78 is 21.0. The number of benzene rings is 2. The summed E-state index contributed by atoms with van der Waals surface area (Å²) in [5, 5.41) is 9.59. The Morgan fingerprint density at radius 2 is 1.48 bits per heavy atom. The van der Waals surface area contributed by atoms with Crippen molar-refractivity contribution in [1.29, 1.82) is 0 Å². The summed E-state index contributed by atoms with van der Waals surface area (Å²) in [5.74, 6) is 1.66. The first-order chi connectivity index (χ1) is 13.0. The Bertz CT molecular complexity index is 867. The summed E-state index contributed by atoms with van der Waals surface area (Å²) in [7, 11) is 6.05. The third-order valence-electron chi connectivity index (χ3n) is 3.81. The van der Waals surface area contributed by atoms with Crippen molar-refractivity contribution in [1.82, 2.24) is 0 Å². The van der Waals surface area contributed by atoms with Gasteiger partial charge >= 0.3 is 0 Å². The number of carbonyl (C=O) groups is 1. The lowest BCUT2D eigenvalue weighted by atomic mass is 10.1. The third kappa shape index (κ3) is 4.82. The molecule has 0 fully saturated rings. The molecule has 0 aromatic heterocycles. The molecule has 2 aromatic rings. The molecule has 2 rings (SSSR count). The van der Waals surface area contributed by atoms with Crippen LogP contribution in [0, 0.1) is 0 Å². The molecule has 0 saturated heterocycles. The number of phenols is 1. The van der Waals surface area contributed by atoms with E-state index in [1.807, 2.05) is 0 Å². The monoisotopic (exact) mass is 370 g/mol. The van der Waals surface area contributed by atoms with E-state index in [0.29, 0.717) is 28.6 Å². The van der Waals surface area contributed by atoms with Crippen LogP contribution >= 0.6 is 0 Å². The fourth-order valence-corrected chi connectivity index (χ4v) is 2.46. The number of ketones is 1.